The second kappa shape index (κ2) is 5.56. The third-order valence-corrected chi connectivity index (χ3v) is 2.90. The molecule has 1 aromatic heterocycles. The van der Waals surface area contributed by atoms with E-state index in [0.29, 0.717) is 18.8 Å². The topological polar surface area (TPSA) is 64.4 Å². The smallest absolute Gasteiger partial charge is 0.339 e. The number of hydrogen-bond acceptors (Lipinski definition) is 3. The molecule has 0 unspecified atom stereocenters. The minimum absolute atomic E-state index is 0.199. The molecule has 0 bridgehead atoms. The number of carboxylic acid groups (broad SMARTS) is 1. The lowest BCUT2D eigenvalue weighted by Crippen LogP contribution is -2.08. The van der Waals surface area contributed by atoms with E-state index in [9.17, 15) is 4.79 Å². The van der Waals surface area contributed by atoms with Gasteiger partial charge in [0.05, 0.1) is 6.61 Å². The number of aromatic carboxylic acids is 1. The number of aryl methyl sites for hydroxylation is 2. The molecule has 5 nitrogen and oxygen atoms in total. The van der Waals surface area contributed by atoms with Crippen LogP contribution >= 0.6 is 0 Å². The second-order valence-electron chi connectivity index (χ2n) is 4.35. The quantitative estimate of drug-likeness (QED) is 0.893. The van der Waals surface area contributed by atoms with Crippen molar-refractivity contribution in [3.63, 3.8) is 0 Å². The predicted octanol–water partition coefficient (Wildman–Crippen LogP) is 2.05. The van der Waals surface area contributed by atoms with Gasteiger partial charge in [0, 0.05) is 25.4 Å². The third kappa shape index (κ3) is 3.13. The number of ether oxygens (including phenoxy) is 1. The molecule has 0 spiro atoms. The summed E-state index contributed by atoms with van der Waals surface area (Å²) >= 11 is 0. The first-order chi connectivity index (χ1) is 9.08. The molecule has 1 aromatic carbocycles. The SMILES string of the molecule is Cc1ccc(OCCc2ccnn2C)c(C(=O)O)c1. The van der Waals surface area contributed by atoms with Crippen molar-refractivity contribution < 1.29 is 14.6 Å². The van der Waals surface area contributed by atoms with Crippen LogP contribution in [0.2, 0.25) is 0 Å². The van der Waals surface area contributed by atoms with Gasteiger partial charge in [-0.15, -0.1) is 0 Å². The molecule has 1 heterocycles. The van der Waals surface area contributed by atoms with Gasteiger partial charge in [-0.2, -0.15) is 5.10 Å². The normalized spacial score (nSPS) is 10.4. The number of carbonyl (C=O) groups is 1. The van der Waals surface area contributed by atoms with Gasteiger partial charge in [0.2, 0.25) is 0 Å². The molecule has 2 rings (SSSR count). The number of aromatic nitrogens is 2. The summed E-state index contributed by atoms with van der Waals surface area (Å²) in [5.41, 5.74) is 2.14. The van der Waals surface area contributed by atoms with Gasteiger partial charge in [-0.3, -0.25) is 4.68 Å². The molecule has 0 aliphatic heterocycles. The molecule has 2 aromatic rings. The molecule has 5 heteroatoms. The number of nitrogens with zero attached hydrogens (tertiary/aromatic N) is 2. The van der Waals surface area contributed by atoms with Crippen LogP contribution in [0.5, 0.6) is 5.75 Å². The summed E-state index contributed by atoms with van der Waals surface area (Å²) in [7, 11) is 1.86. The number of rotatable bonds is 5. The highest BCUT2D eigenvalue weighted by Crippen LogP contribution is 2.20. The lowest BCUT2D eigenvalue weighted by atomic mass is 10.1. The largest absolute Gasteiger partial charge is 0.492 e. The Morgan fingerprint density at radius 2 is 2.21 bits per heavy atom. The van der Waals surface area contributed by atoms with E-state index in [-0.39, 0.29) is 5.56 Å². The van der Waals surface area contributed by atoms with E-state index in [0.717, 1.165) is 11.3 Å². The monoisotopic (exact) mass is 260 g/mol. The Balaban J connectivity index is 2.03. The Morgan fingerprint density at radius 1 is 1.42 bits per heavy atom. The van der Waals surface area contributed by atoms with E-state index in [4.69, 9.17) is 9.84 Å². The van der Waals surface area contributed by atoms with E-state index in [1.54, 1.807) is 23.0 Å². The fourth-order valence-corrected chi connectivity index (χ4v) is 1.85. The first-order valence-corrected chi connectivity index (χ1v) is 6.01. The highest BCUT2D eigenvalue weighted by molar-refractivity contribution is 5.91. The summed E-state index contributed by atoms with van der Waals surface area (Å²) in [6.07, 6.45) is 2.41. The van der Waals surface area contributed by atoms with Gasteiger partial charge in [0.1, 0.15) is 11.3 Å². The van der Waals surface area contributed by atoms with Crippen molar-refractivity contribution in [2.45, 2.75) is 13.3 Å². The van der Waals surface area contributed by atoms with Gasteiger partial charge in [-0.1, -0.05) is 11.6 Å². The maximum absolute atomic E-state index is 11.1. The number of hydrogen-bond donors (Lipinski definition) is 1. The zero-order chi connectivity index (χ0) is 13.8. The summed E-state index contributed by atoms with van der Waals surface area (Å²) in [4.78, 5) is 11.1. The van der Waals surface area contributed by atoms with Crippen molar-refractivity contribution in [3.05, 3.63) is 47.3 Å². The van der Waals surface area contributed by atoms with Gasteiger partial charge in [0.25, 0.3) is 0 Å². The molecule has 0 fully saturated rings. The van der Waals surface area contributed by atoms with Crippen LogP contribution in [0, 0.1) is 6.92 Å². The first-order valence-electron chi connectivity index (χ1n) is 6.01. The Bertz CT molecular complexity index is 590. The molecule has 1 N–H and O–H groups in total. The Labute approximate surface area is 111 Å². The number of benzene rings is 1. The molecule has 0 radical (unpaired) electrons. The first kappa shape index (κ1) is 13.1. The standard InChI is InChI=1S/C14H16N2O3/c1-10-3-4-13(12(9-10)14(17)18)19-8-6-11-5-7-15-16(11)2/h3-5,7,9H,6,8H2,1-2H3,(H,17,18). The minimum atomic E-state index is -0.973. The van der Waals surface area contributed by atoms with Gasteiger partial charge in [-0.05, 0) is 25.1 Å². The average Bonchev–Trinajstić information content (AvgIpc) is 2.77. The van der Waals surface area contributed by atoms with Gasteiger partial charge in [-0.25, -0.2) is 4.79 Å². The van der Waals surface area contributed by atoms with Crippen LogP contribution in [0.15, 0.2) is 30.5 Å². The van der Waals surface area contributed by atoms with Crippen LogP contribution in [-0.2, 0) is 13.5 Å². The number of carboxylic acids is 1. The maximum atomic E-state index is 11.1. The van der Waals surface area contributed by atoms with Crippen LogP contribution < -0.4 is 4.74 Å². The van der Waals surface area contributed by atoms with Crippen LogP contribution in [0.3, 0.4) is 0 Å². The molecule has 0 saturated carbocycles. The average molecular weight is 260 g/mol. The molecule has 100 valence electrons. The lowest BCUT2D eigenvalue weighted by molar-refractivity contribution is 0.0692. The predicted molar refractivity (Wildman–Crippen MR) is 70.5 cm³/mol. The van der Waals surface area contributed by atoms with Crippen LogP contribution in [0.25, 0.3) is 0 Å². The van der Waals surface area contributed by atoms with E-state index in [1.165, 1.54) is 0 Å². The molecule has 0 aliphatic carbocycles. The van der Waals surface area contributed by atoms with E-state index in [1.807, 2.05) is 26.1 Å². The van der Waals surface area contributed by atoms with Gasteiger partial charge in [0.15, 0.2) is 0 Å². The summed E-state index contributed by atoms with van der Waals surface area (Å²) in [5, 5.41) is 13.2. The maximum Gasteiger partial charge on any atom is 0.339 e. The van der Waals surface area contributed by atoms with Crippen molar-refractivity contribution in [1.29, 1.82) is 0 Å². The zero-order valence-corrected chi connectivity index (χ0v) is 11.0. The summed E-state index contributed by atoms with van der Waals surface area (Å²) in [6.45, 7) is 2.27. The Morgan fingerprint density at radius 3 is 2.84 bits per heavy atom. The Hall–Kier alpha value is -2.30. The fourth-order valence-electron chi connectivity index (χ4n) is 1.85. The molecule has 0 saturated heterocycles. The van der Waals surface area contributed by atoms with Crippen molar-refractivity contribution in [2.24, 2.45) is 7.05 Å². The molecule has 19 heavy (non-hydrogen) atoms. The second-order valence-corrected chi connectivity index (χ2v) is 4.35. The summed E-state index contributed by atoms with van der Waals surface area (Å²) in [6, 6.07) is 7.06. The highest BCUT2D eigenvalue weighted by Gasteiger charge is 2.11. The van der Waals surface area contributed by atoms with Crippen molar-refractivity contribution >= 4 is 5.97 Å². The minimum Gasteiger partial charge on any atom is -0.492 e. The molecule has 0 amide bonds. The van der Waals surface area contributed by atoms with Gasteiger partial charge < -0.3 is 9.84 Å². The van der Waals surface area contributed by atoms with Crippen LogP contribution in [-0.4, -0.2) is 27.5 Å². The van der Waals surface area contributed by atoms with Gasteiger partial charge >= 0.3 is 5.97 Å². The summed E-state index contributed by atoms with van der Waals surface area (Å²) < 4.78 is 7.33. The lowest BCUT2D eigenvalue weighted by Gasteiger charge is -2.10. The third-order valence-electron chi connectivity index (χ3n) is 2.90. The van der Waals surface area contributed by atoms with Crippen LogP contribution in [0.4, 0.5) is 0 Å². The van der Waals surface area contributed by atoms with Crippen molar-refractivity contribution in [2.75, 3.05) is 6.61 Å². The highest BCUT2D eigenvalue weighted by atomic mass is 16.5. The van der Waals surface area contributed by atoms with Crippen molar-refractivity contribution in [1.82, 2.24) is 9.78 Å². The molecule has 0 atom stereocenters. The zero-order valence-electron chi connectivity index (χ0n) is 11.0. The summed E-state index contributed by atoms with van der Waals surface area (Å²) in [5.74, 6) is -0.570. The molecular weight excluding hydrogens is 244 g/mol. The molecular formula is C14H16N2O3. The van der Waals surface area contributed by atoms with E-state index in [2.05, 4.69) is 5.10 Å². The Kier molecular flexibility index (Phi) is 3.85. The van der Waals surface area contributed by atoms with Crippen molar-refractivity contribution in [3.8, 4) is 5.75 Å². The van der Waals surface area contributed by atoms with Crippen LogP contribution in [0.1, 0.15) is 21.6 Å². The van der Waals surface area contributed by atoms with E-state index < -0.39 is 5.97 Å². The molecule has 0 aliphatic rings. The fraction of sp³-hybridized carbons (Fsp3) is 0.286. The van der Waals surface area contributed by atoms with E-state index >= 15 is 0 Å².